The predicted octanol–water partition coefficient (Wildman–Crippen LogP) is 1.25. The molecule has 0 fully saturated rings. The van der Waals surface area contributed by atoms with Crippen molar-refractivity contribution in [2.24, 2.45) is 0 Å². The first-order valence-electron chi connectivity index (χ1n) is 8.29. The number of rotatable bonds is 2. The molecule has 0 aliphatic carbocycles. The van der Waals surface area contributed by atoms with Gasteiger partial charge in [-0.25, -0.2) is 0 Å². The minimum Gasteiger partial charge on any atom is -0.356 e. The van der Waals surface area contributed by atoms with Crippen molar-refractivity contribution < 1.29 is 0 Å². The molecule has 0 atom stereocenters. The summed E-state index contributed by atoms with van der Waals surface area (Å²) < 4.78 is 0. The average Bonchev–Trinajstić information content (AvgIpc) is 2.60. The van der Waals surface area contributed by atoms with E-state index in [-0.39, 0.29) is 0 Å². The lowest BCUT2D eigenvalue weighted by atomic mass is 9.99. The van der Waals surface area contributed by atoms with Gasteiger partial charge < -0.3 is 9.80 Å². The second-order valence-corrected chi connectivity index (χ2v) is 6.58. The van der Waals surface area contributed by atoms with Crippen molar-refractivity contribution in [3.63, 3.8) is 0 Å². The van der Waals surface area contributed by atoms with Crippen molar-refractivity contribution in [2.75, 3.05) is 7.05 Å². The van der Waals surface area contributed by atoms with Gasteiger partial charge in [0.1, 0.15) is 0 Å². The van der Waals surface area contributed by atoms with E-state index < -0.39 is 0 Å². The van der Waals surface area contributed by atoms with E-state index >= 15 is 0 Å². The standard InChI is InChI=1S/C22H18N2/c1-23-12-17-7-9-19-14-24(11-16-5-3-2-4-6-16)15-20-10-8-18(13-23)21(17)22(19)20/h2-10,12-15H,11H2,1H3. The molecule has 3 aromatic carbocycles. The summed E-state index contributed by atoms with van der Waals surface area (Å²) in [6.45, 7) is 0.895. The second kappa shape index (κ2) is 5.00. The van der Waals surface area contributed by atoms with Gasteiger partial charge in [-0.1, -0.05) is 54.6 Å². The Balaban J connectivity index is 1.74. The molecule has 0 saturated carbocycles. The van der Waals surface area contributed by atoms with Gasteiger partial charge in [0.15, 0.2) is 0 Å². The van der Waals surface area contributed by atoms with Crippen LogP contribution < -0.4 is 20.9 Å². The van der Waals surface area contributed by atoms with Gasteiger partial charge in [0.05, 0.1) is 0 Å². The molecule has 0 saturated heterocycles. The van der Waals surface area contributed by atoms with Crippen molar-refractivity contribution in [1.82, 2.24) is 9.80 Å². The number of nitrogens with zero attached hydrogens (tertiary/aromatic N) is 2. The highest BCUT2D eigenvalue weighted by atomic mass is 15.1. The Bertz CT molecular complexity index is 1120. The molecule has 116 valence electrons. The summed E-state index contributed by atoms with van der Waals surface area (Å²) >= 11 is 0. The first-order valence-corrected chi connectivity index (χ1v) is 8.29. The van der Waals surface area contributed by atoms with Crippen LogP contribution >= 0.6 is 0 Å². The molecule has 0 radical (unpaired) electrons. The number of hydrogen-bond acceptors (Lipinski definition) is 2. The van der Waals surface area contributed by atoms with Crippen molar-refractivity contribution in [3.05, 3.63) is 81.0 Å². The topological polar surface area (TPSA) is 6.48 Å². The third kappa shape index (κ3) is 2.04. The van der Waals surface area contributed by atoms with Crippen LogP contribution in [0.25, 0.3) is 35.6 Å². The highest BCUT2D eigenvalue weighted by Crippen LogP contribution is 2.09. The van der Waals surface area contributed by atoms with Gasteiger partial charge in [-0.3, -0.25) is 0 Å². The molecule has 2 nitrogen and oxygen atoms in total. The number of benzene rings is 3. The third-order valence-electron chi connectivity index (χ3n) is 4.79. The van der Waals surface area contributed by atoms with E-state index in [1.165, 1.54) is 37.2 Å². The third-order valence-corrected chi connectivity index (χ3v) is 4.79. The molecule has 0 unspecified atom stereocenters. The molecule has 0 amide bonds. The smallest absolute Gasteiger partial charge is 0.0470 e. The molecule has 2 aliphatic rings. The molecule has 0 bridgehead atoms. The van der Waals surface area contributed by atoms with E-state index in [4.69, 9.17) is 0 Å². The highest BCUT2D eigenvalue weighted by molar-refractivity contribution is 5.89. The van der Waals surface area contributed by atoms with Crippen LogP contribution in [0.15, 0.2) is 54.6 Å². The van der Waals surface area contributed by atoms with Gasteiger partial charge in [-0.05, 0) is 26.4 Å². The minimum atomic E-state index is 0.895. The van der Waals surface area contributed by atoms with E-state index in [9.17, 15) is 0 Å². The molecule has 0 N–H and O–H groups in total. The van der Waals surface area contributed by atoms with Crippen LogP contribution in [0.2, 0.25) is 0 Å². The first-order chi connectivity index (χ1) is 11.8. The maximum Gasteiger partial charge on any atom is 0.0470 e. The van der Waals surface area contributed by atoms with Gasteiger partial charge >= 0.3 is 0 Å². The molecule has 0 spiro atoms. The van der Waals surface area contributed by atoms with Gasteiger partial charge in [-0.15, -0.1) is 0 Å². The fraction of sp³-hybridized carbons (Fsp3) is 0.0909. The Hall–Kier alpha value is -3.00. The molecule has 2 aliphatic heterocycles. The normalized spacial score (nSPS) is 14.5. The van der Waals surface area contributed by atoms with Gasteiger partial charge in [0.25, 0.3) is 0 Å². The fourth-order valence-electron chi connectivity index (χ4n) is 3.79. The Kier molecular flexibility index (Phi) is 2.80. The minimum absolute atomic E-state index is 0.895. The molecular formula is C22H18N2. The van der Waals surface area contributed by atoms with E-state index in [2.05, 4.69) is 96.2 Å². The SMILES string of the molecule is CN1C=c2ccc3c4c(ccc(c24)=C1)=CN(Cc1ccccc1)C=3. The van der Waals surface area contributed by atoms with Gasteiger partial charge in [0, 0.05) is 49.2 Å². The van der Waals surface area contributed by atoms with E-state index in [0.717, 1.165) is 6.54 Å². The zero-order chi connectivity index (χ0) is 16.1. The molecule has 24 heavy (non-hydrogen) atoms. The molecule has 5 rings (SSSR count). The summed E-state index contributed by atoms with van der Waals surface area (Å²) in [5, 5.41) is 7.94. The summed E-state index contributed by atoms with van der Waals surface area (Å²) in [7, 11) is 2.09. The molecule has 0 aromatic heterocycles. The maximum atomic E-state index is 2.29. The van der Waals surface area contributed by atoms with Crippen molar-refractivity contribution in [1.29, 1.82) is 0 Å². The van der Waals surface area contributed by atoms with Crippen LogP contribution in [0.5, 0.6) is 0 Å². The molecule has 2 heteroatoms. The summed E-state index contributed by atoms with van der Waals surface area (Å²) in [5.41, 5.74) is 1.32. The Morgan fingerprint density at radius 2 is 1.12 bits per heavy atom. The monoisotopic (exact) mass is 310 g/mol. The fourth-order valence-corrected chi connectivity index (χ4v) is 3.79. The zero-order valence-electron chi connectivity index (χ0n) is 13.6. The lowest BCUT2D eigenvalue weighted by Gasteiger charge is -2.21. The average molecular weight is 310 g/mol. The lowest BCUT2D eigenvalue weighted by molar-refractivity contribution is 0.587. The molecule has 2 heterocycles. The van der Waals surface area contributed by atoms with Crippen molar-refractivity contribution >= 4 is 35.6 Å². The predicted molar refractivity (Wildman–Crippen MR) is 100 cm³/mol. The summed E-state index contributed by atoms with van der Waals surface area (Å²) in [5.74, 6) is 0. The Labute approximate surface area is 140 Å². The summed E-state index contributed by atoms with van der Waals surface area (Å²) in [6.07, 6.45) is 8.93. The zero-order valence-corrected chi connectivity index (χ0v) is 13.6. The second-order valence-electron chi connectivity index (χ2n) is 6.58. The number of hydrogen-bond donors (Lipinski definition) is 0. The molecule has 3 aromatic rings. The van der Waals surface area contributed by atoms with Crippen LogP contribution in [-0.2, 0) is 6.54 Å². The van der Waals surface area contributed by atoms with E-state index in [1.54, 1.807) is 0 Å². The quantitative estimate of drug-likeness (QED) is 0.703. The van der Waals surface area contributed by atoms with Crippen LogP contribution in [0.1, 0.15) is 5.56 Å². The Morgan fingerprint density at radius 3 is 1.67 bits per heavy atom. The van der Waals surface area contributed by atoms with Gasteiger partial charge in [-0.2, -0.15) is 0 Å². The maximum absolute atomic E-state index is 2.29. The van der Waals surface area contributed by atoms with Crippen LogP contribution in [0.3, 0.4) is 0 Å². The summed E-state index contributed by atoms with van der Waals surface area (Å²) in [4.78, 5) is 4.43. The van der Waals surface area contributed by atoms with Crippen molar-refractivity contribution in [2.45, 2.75) is 6.54 Å². The van der Waals surface area contributed by atoms with Crippen LogP contribution in [-0.4, -0.2) is 16.8 Å². The van der Waals surface area contributed by atoms with Crippen molar-refractivity contribution in [3.8, 4) is 0 Å². The highest BCUT2D eigenvalue weighted by Gasteiger charge is 2.10. The van der Waals surface area contributed by atoms with Gasteiger partial charge in [0.2, 0.25) is 0 Å². The van der Waals surface area contributed by atoms with Crippen LogP contribution in [0.4, 0.5) is 0 Å². The largest absolute Gasteiger partial charge is 0.356 e. The van der Waals surface area contributed by atoms with Crippen LogP contribution in [0, 0.1) is 0 Å². The molecular weight excluding hydrogens is 292 g/mol. The lowest BCUT2D eigenvalue weighted by Crippen LogP contribution is -2.34. The Morgan fingerprint density at radius 1 is 0.625 bits per heavy atom. The van der Waals surface area contributed by atoms with E-state index in [1.807, 2.05) is 0 Å². The summed E-state index contributed by atoms with van der Waals surface area (Å²) in [6, 6.07) is 19.6. The first kappa shape index (κ1) is 13.4. The van der Waals surface area contributed by atoms with E-state index in [0.29, 0.717) is 0 Å².